The molecule has 0 atom stereocenters. The first kappa shape index (κ1) is 44.9. The second kappa shape index (κ2) is 37.2. The van der Waals surface area contributed by atoms with Gasteiger partial charge in [0.15, 0.2) is 0 Å². The predicted molar refractivity (Wildman–Crippen MR) is 176 cm³/mol. The largest absolute Gasteiger partial charge is 0.491 e. The van der Waals surface area contributed by atoms with Gasteiger partial charge in [-0.15, -0.1) is 0 Å². The van der Waals surface area contributed by atoms with Gasteiger partial charge in [-0.3, -0.25) is 10.1 Å². The number of hydrogen-bond acceptors (Lipinski definition) is 16. The van der Waals surface area contributed by atoms with Crippen molar-refractivity contribution in [3.8, 4) is 5.75 Å². The van der Waals surface area contributed by atoms with Crippen LogP contribution < -0.4 is 4.74 Å². The second-order valence-corrected chi connectivity index (χ2v) is 9.67. The van der Waals surface area contributed by atoms with Crippen molar-refractivity contribution in [3.05, 3.63) is 34.4 Å². The first-order chi connectivity index (χ1) is 24.2. The van der Waals surface area contributed by atoms with E-state index in [0.29, 0.717) is 171 Å². The van der Waals surface area contributed by atoms with E-state index in [2.05, 4.69) is 0 Å². The first-order valence-corrected chi connectivity index (χ1v) is 16.6. The standard InChI is InChI=1S/C32H57NO16/c34-5-6-37-7-8-38-9-10-39-11-12-40-13-14-41-15-16-42-17-18-43-19-20-44-21-22-45-23-24-46-25-26-47-27-28-48-29-30-49-32-3-1-31(2-4-32)33(35)36/h1-4,34H,5-30H2. The number of aliphatic hydroxyl groups excluding tert-OH is 1. The van der Waals surface area contributed by atoms with Crippen LogP contribution in [0, 0.1) is 10.1 Å². The third-order valence-electron chi connectivity index (χ3n) is 5.87. The molecule has 0 aromatic heterocycles. The maximum atomic E-state index is 10.6. The third kappa shape index (κ3) is 32.8. The third-order valence-corrected chi connectivity index (χ3v) is 5.87. The number of rotatable bonds is 40. The monoisotopic (exact) mass is 711 g/mol. The zero-order valence-electron chi connectivity index (χ0n) is 28.7. The summed E-state index contributed by atoms with van der Waals surface area (Å²) in [5.74, 6) is 0.553. The maximum absolute atomic E-state index is 10.6. The smallest absolute Gasteiger partial charge is 0.269 e. The molecule has 0 bridgehead atoms. The van der Waals surface area contributed by atoms with Crippen LogP contribution in [0.5, 0.6) is 5.75 Å². The predicted octanol–water partition coefficient (Wildman–Crippen LogP) is 1.17. The Morgan fingerprint density at radius 1 is 0.388 bits per heavy atom. The molecule has 0 amide bonds. The van der Waals surface area contributed by atoms with Gasteiger partial charge in [0.05, 0.1) is 170 Å². The Bertz CT molecular complexity index is 823. The zero-order chi connectivity index (χ0) is 35.1. The van der Waals surface area contributed by atoms with E-state index in [-0.39, 0.29) is 12.3 Å². The molecule has 1 aromatic rings. The van der Waals surface area contributed by atoms with E-state index in [1.807, 2.05) is 0 Å². The number of nitrogens with zero attached hydrogens (tertiary/aromatic N) is 1. The SMILES string of the molecule is O=[N+]([O-])c1ccc(OCCOCCOCCOCCOCCOCCOCCOCCOCCOCCOCCOCCOCCO)cc1. The van der Waals surface area contributed by atoms with E-state index in [0.717, 1.165) is 0 Å². The minimum Gasteiger partial charge on any atom is -0.491 e. The maximum Gasteiger partial charge on any atom is 0.269 e. The first-order valence-electron chi connectivity index (χ1n) is 16.6. The van der Waals surface area contributed by atoms with Crippen LogP contribution in [0.3, 0.4) is 0 Å². The lowest BCUT2D eigenvalue weighted by atomic mass is 10.3. The lowest BCUT2D eigenvalue weighted by molar-refractivity contribution is -0.384. The minimum absolute atomic E-state index is 0.0189. The topological polar surface area (TPSA) is 183 Å². The molecule has 0 radical (unpaired) electrons. The highest BCUT2D eigenvalue weighted by atomic mass is 16.6. The molecule has 49 heavy (non-hydrogen) atoms. The van der Waals surface area contributed by atoms with Crippen molar-refractivity contribution in [2.45, 2.75) is 0 Å². The van der Waals surface area contributed by atoms with Crippen molar-refractivity contribution in [1.82, 2.24) is 0 Å². The van der Waals surface area contributed by atoms with Gasteiger partial charge in [-0.25, -0.2) is 0 Å². The normalized spacial score (nSPS) is 11.4. The van der Waals surface area contributed by atoms with Gasteiger partial charge in [0.25, 0.3) is 5.69 Å². The molecule has 0 heterocycles. The van der Waals surface area contributed by atoms with Gasteiger partial charge >= 0.3 is 0 Å². The molecule has 17 nitrogen and oxygen atoms in total. The van der Waals surface area contributed by atoms with Crippen LogP contribution in [-0.4, -0.2) is 182 Å². The van der Waals surface area contributed by atoms with Gasteiger partial charge in [0.2, 0.25) is 0 Å². The summed E-state index contributed by atoms with van der Waals surface area (Å²) in [5, 5.41) is 19.2. The van der Waals surface area contributed by atoms with Crippen molar-refractivity contribution in [3.63, 3.8) is 0 Å². The van der Waals surface area contributed by atoms with Crippen molar-refractivity contribution >= 4 is 5.69 Å². The summed E-state index contributed by atoms with van der Waals surface area (Å²) >= 11 is 0. The minimum atomic E-state index is -0.454. The molecule has 0 aliphatic carbocycles. The fraction of sp³-hybridized carbons (Fsp3) is 0.812. The van der Waals surface area contributed by atoms with Gasteiger partial charge in [-0.1, -0.05) is 0 Å². The van der Waals surface area contributed by atoms with Crippen LogP contribution in [0.25, 0.3) is 0 Å². The molecular formula is C32H57NO16. The number of hydrogen-bond donors (Lipinski definition) is 1. The Kier molecular flexibility index (Phi) is 34.1. The summed E-state index contributed by atoms with van der Waals surface area (Å²) in [6, 6.07) is 5.90. The lowest BCUT2D eigenvalue weighted by Crippen LogP contribution is -2.15. The highest BCUT2D eigenvalue weighted by Crippen LogP contribution is 2.17. The molecule has 0 saturated heterocycles. The summed E-state index contributed by atoms with van der Waals surface area (Å²) in [5.41, 5.74) is 0.0230. The van der Waals surface area contributed by atoms with Crippen molar-refractivity contribution < 1.29 is 71.6 Å². The molecule has 0 spiro atoms. The Hall–Kier alpha value is -2.10. The van der Waals surface area contributed by atoms with Crippen molar-refractivity contribution in [2.24, 2.45) is 0 Å². The number of nitro benzene ring substituents is 1. The van der Waals surface area contributed by atoms with Crippen LogP contribution in [0.2, 0.25) is 0 Å². The van der Waals surface area contributed by atoms with Gasteiger partial charge in [0.1, 0.15) is 12.4 Å². The molecule has 1 N–H and O–H groups in total. The average molecular weight is 712 g/mol. The van der Waals surface area contributed by atoms with E-state index in [1.54, 1.807) is 12.1 Å². The molecule has 17 heteroatoms. The molecule has 286 valence electrons. The lowest BCUT2D eigenvalue weighted by Gasteiger charge is -2.09. The number of ether oxygens (including phenoxy) is 13. The van der Waals surface area contributed by atoms with Crippen LogP contribution in [-0.2, 0) is 56.8 Å². The quantitative estimate of drug-likeness (QED) is 0.0581. The Morgan fingerprint density at radius 3 is 0.837 bits per heavy atom. The number of non-ortho nitro benzene ring substituents is 1. The van der Waals surface area contributed by atoms with Crippen molar-refractivity contribution in [1.29, 1.82) is 0 Å². The van der Waals surface area contributed by atoms with Crippen LogP contribution >= 0.6 is 0 Å². The highest BCUT2D eigenvalue weighted by molar-refractivity contribution is 5.35. The molecule has 1 aromatic carbocycles. The second-order valence-electron chi connectivity index (χ2n) is 9.67. The molecule has 0 fully saturated rings. The molecular weight excluding hydrogens is 654 g/mol. The molecule has 0 saturated carbocycles. The summed E-state index contributed by atoms with van der Waals surface area (Å²) in [6.07, 6.45) is 0. The Balaban J connectivity index is 1.64. The van der Waals surface area contributed by atoms with Gasteiger partial charge < -0.3 is 66.7 Å². The summed E-state index contributed by atoms with van der Waals surface area (Å²) in [6.45, 7) is 11.6. The van der Waals surface area contributed by atoms with Gasteiger partial charge in [-0.2, -0.15) is 0 Å². The number of aliphatic hydroxyl groups is 1. The summed E-state index contributed by atoms with van der Waals surface area (Å²) < 4.78 is 70.3. The van der Waals surface area contributed by atoms with E-state index < -0.39 is 4.92 Å². The van der Waals surface area contributed by atoms with Gasteiger partial charge in [-0.05, 0) is 12.1 Å². The molecule has 0 unspecified atom stereocenters. The average Bonchev–Trinajstić information content (AvgIpc) is 3.11. The van der Waals surface area contributed by atoms with E-state index in [4.69, 9.17) is 66.7 Å². The van der Waals surface area contributed by atoms with Crippen LogP contribution in [0.15, 0.2) is 24.3 Å². The Labute approximate surface area is 289 Å². The van der Waals surface area contributed by atoms with Crippen molar-refractivity contribution in [2.75, 3.05) is 172 Å². The van der Waals surface area contributed by atoms with Gasteiger partial charge in [0, 0.05) is 12.1 Å². The highest BCUT2D eigenvalue weighted by Gasteiger charge is 2.04. The van der Waals surface area contributed by atoms with Crippen LogP contribution in [0.1, 0.15) is 0 Å². The Morgan fingerprint density at radius 2 is 0.612 bits per heavy atom. The molecule has 0 aliphatic heterocycles. The number of nitro groups is 1. The fourth-order valence-electron chi connectivity index (χ4n) is 3.47. The fourth-order valence-corrected chi connectivity index (χ4v) is 3.47. The molecule has 0 aliphatic rings. The summed E-state index contributed by atoms with van der Waals surface area (Å²) in [7, 11) is 0. The van der Waals surface area contributed by atoms with E-state index >= 15 is 0 Å². The summed E-state index contributed by atoms with van der Waals surface area (Å²) in [4.78, 5) is 10.2. The number of benzene rings is 1. The zero-order valence-corrected chi connectivity index (χ0v) is 28.7. The van der Waals surface area contributed by atoms with E-state index in [9.17, 15) is 10.1 Å². The molecule has 1 rings (SSSR count). The van der Waals surface area contributed by atoms with Crippen LogP contribution in [0.4, 0.5) is 5.69 Å². The van der Waals surface area contributed by atoms with E-state index in [1.165, 1.54) is 12.1 Å².